The van der Waals surface area contributed by atoms with Gasteiger partial charge < -0.3 is 28.6 Å². The van der Waals surface area contributed by atoms with Crippen LogP contribution in [0.2, 0.25) is 5.02 Å². The average molecular weight is 505 g/mol. The predicted octanol–water partition coefficient (Wildman–Crippen LogP) is 2.55. The number of benzene rings is 1. The van der Waals surface area contributed by atoms with Crippen LogP contribution in [0.15, 0.2) is 36.9 Å². The molecule has 0 spiro atoms. The van der Waals surface area contributed by atoms with Gasteiger partial charge in [0.05, 0.1) is 39.1 Å². The Morgan fingerprint density at radius 1 is 1.14 bits per heavy atom. The van der Waals surface area contributed by atoms with Crippen LogP contribution in [0.1, 0.15) is 24.8 Å². The lowest BCUT2D eigenvalue weighted by Crippen LogP contribution is -2.58. The highest BCUT2D eigenvalue weighted by Gasteiger charge is 2.42. The lowest BCUT2D eigenvalue weighted by atomic mass is 9.96. The third kappa shape index (κ3) is 6.96. The van der Waals surface area contributed by atoms with Crippen molar-refractivity contribution in [3.8, 4) is 5.75 Å². The van der Waals surface area contributed by atoms with E-state index >= 15 is 0 Å². The van der Waals surface area contributed by atoms with E-state index in [1.807, 2.05) is 23.8 Å². The molecule has 0 unspecified atom stereocenters. The van der Waals surface area contributed by atoms with Crippen LogP contribution in [0.25, 0.3) is 0 Å². The minimum Gasteiger partial charge on any atom is -0.490 e. The highest BCUT2D eigenvalue weighted by Crippen LogP contribution is 2.28. The van der Waals surface area contributed by atoms with E-state index in [0.29, 0.717) is 69.6 Å². The summed E-state index contributed by atoms with van der Waals surface area (Å²) in [5, 5.41) is 0.663. The molecule has 1 atom stereocenters. The third-order valence-corrected chi connectivity index (χ3v) is 6.86. The van der Waals surface area contributed by atoms with E-state index in [-0.39, 0.29) is 24.8 Å². The first kappa shape index (κ1) is 25.5. The van der Waals surface area contributed by atoms with E-state index < -0.39 is 5.60 Å². The second-order valence-electron chi connectivity index (χ2n) is 9.12. The molecule has 0 N–H and O–H groups in total. The topological polar surface area (TPSA) is 86.1 Å². The van der Waals surface area contributed by atoms with Crippen LogP contribution in [0.3, 0.4) is 0 Å². The van der Waals surface area contributed by atoms with Crippen LogP contribution >= 0.6 is 11.6 Å². The lowest BCUT2D eigenvalue weighted by molar-refractivity contribution is -0.167. The standard InChI is InChI=1S/C25H33ClN4O5/c1-20-15-21(4-5-22(20)26)34-18-25(16-24(32)29-9-12-33-13-10-29)17-30(11-14-35-25)23(31)3-2-7-28-8-6-27-19-28/h4-6,8,15,19H,2-3,7,9-14,16-18H2,1H3/t25-/m1/s1. The number of nitrogens with zero attached hydrogens (tertiary/aromatic N) is 4. The molecule has 4 rings (SSSR count). The summed E-state index contributed by atoms with van der Waals surface area (Å²) in [5.41, 5.74) is -0.0249. The van der Waals surface area contributed by atoms with Crippen molar-refractivity contribution >= 4 is 23.4 Å². The minimum absolute atomic E-state index is 0.0152. The van der Waals surface area contributed by atoms with Crippen molar-refractivity contribution in [3.63, 3.8) is 0 Å². The second kappa shape index (κ2) is 11.9. The smallest absolute Gasteiger partial charge is 0.225 e. The van der Waals surface area contributed by atoms with Crippen molar-refractivity contribution < 1.29 is 23.8 Å². The Labute approximate surface area is 210 Å². The Hall–Kier alpha value is -2.62. The summed E-state index contributed by atoms with van der Waals surface area (Å²) >= 11 is 6.15. The average Bonchev–Trinajstić information content (AvgIpc) is 3.39. The Balaban J connectivity index is 1.43. The Morgan fingerprint density at radius 2 is 1.94 bits per heavy atom. The maximum atomic E-state index is 13.2. The molecule has 1 aromatic carbocycles. The van der Waals surface area contributed by atoms with Crippen molar-refractivity contribution in [3.05, 3.63) is 47.5 Å². The molecule has 0 saturated carbocycles. The minimum atomic E-state index is -0.929. The number of halogens is 1. The number of carbonyl (C=O) groups is 2. The summed E-state index contributed by atoms with van der Waals surface area (Å²) in [5.74, 6) is 0.690. The van der Waals surface area contributed by atoms with Crippen molar-refractivity contribution in [1.82, 2.24) is 19.4 Å². The molecule has 9 nitrogen and oxygen atoms in total. The first-order valence-electron chi connectivity index (χ1n) is 12.1. The van der Waals surface area contributed by atoms with Crippen LogP contribution in [-0.4, -0.2) is 89.4 Å². The number of hydrogen-bond acceptors (Lipinski definition) is 6. The molecule has 2 amide bonds. The van der Waals surface area contributed by atoms with Crippen molar-refractivity contribution in [1.29, 1.82) is 0 Å². The van der Waals surface area contributed by atoms with Gasteiger partial charge in [0.1, 0.15) is 18.0 Å². The van der Waals surface area contributed by atoms with Gasteiger partial charge in [0.25, 0.3) is 0 Å². The maximum Gasteiger partial charge on any atom is 0.225 e. The fourth-order valence-electron chi connectivity index (χ4n) is 4.41. The van der Waals surface area contributed by atoms with Gasteiger partial charge in [-0.15, -0.1) is 0 Å². The zero-order valence-corrected chi connectivity index (χ0v) is 20.9. The van der Waals surface area contributed by atoms with Gasteiger partial charge in [0.2, 0.25) is 11.8 Å². The van der Waals surface area contributed by atoms with E-state index in [1.54, 1.807) is 34.5 Å². The number of aryl methyl sites for hydroxylation is 2. The van der Waals surface area contributed by atoms with Crippen molar-refractivity contribution in [2.75, 3.05) is 52.6 Å². The number of ether oxygens (including phenoxy) is 3. The molecular formula is C25H33ClN4O5. The molecule has 10 heteroatoms. The number of hydrogen-bond donors (Lipinski definition) is 0. The maximum absolute atomic E-state index is 13.2. The monoisotopic (exact) mass is 504 g/mol. The molecule has 3 heterocycles. The van der Waals surface area contributed by atoms with E-state index in [1.165, 1.54) is 0 Å². The second-order valence-corrected chi connectivity index (χ2v) is 9.53. The number of imidazole rings is 1. The molecule has 35 heavy (non-hydrogen) atoms. The normalized spacial score (nSPS) is 20.6. The third-order valence-electron chi connectivity index (χ3n) is 6.44. The first-order chi connectivity index (χ1) is 16.9. The van der Waals surface area contributed by atoms with E-state index in [4.69, 9.17) is 25.8 Å². The van der Waals surface area contributed by atoms with Crippen LogP contribution in [-0.2, 0) is 25.6 Å². The Morgan fingerprint density at radius 3 is 2.69 bits per heavy atom. The number of aromatic nitrogens is 2. The summed E-state index contributed by atoms with van der Waals surface area (Å²) < 4.78 is 19.7. The Bertz CT molecular complexity index is 996. The molecular weight excluding hydrogens is 472 g/mol. The number of morpholine rings is 2. The van der Waals surface area contributed by atoms with Gasteiger partial charge in [-0.05, 0) is 37.1 Å². The van der Waals surface area contributed by atoms with Gasteiger partial charge in [-0.3, -0.25) is 9.59 Å². The molecule has 190 valence electrons. The quantitative estimate of drug-likeness (QED) is 0.521. The molecule has 0 aliphatic carbocycles. The molecule has 0 radical (unpaired) electrons. The van der Waals surface area contributed by atoms with Crippen LogP contribution in [0.4, 0.5) is 0 Å². The number of rotatable bonds is 9. The molecule has 2 aliphatic heterocycles. The van der Waals surface area contributed by atoms with Crippen LogP contribution < -0.4 is 4.74 Å². The van der Waals surface area contributed by atoms with Gasteiger partial charge in [0.15, 0.2) is 0 Å². The predicted molar refractivity (Wildman–Crippen MR) is 130 cm³/mol. The molecule has 1 aromatic heterocycles. The number of amides is 2. The van der Waals surface area contributed by atoms with Gasteiger partial charge in [-0.2, -0.15) is 0 Å². The molecule has 2 aromatic rings. The fourth-order valence-corrected chi connectivity index (χ4v) is 4.53. The number of carbonyl (C=O) groups excluding carboxylic acids is 2. The highest BCUT2D eigenvalue weighted by atomic mass is 35.5. The summed E-state index contributed by atoms with van der Waals surface area (Å²) in [6.45, 7) is 6.13. The zero-order valence-electron chi connectivity index (χ0n) is 20.2. The molecule has 2 saturated heterocycles. The van der Waals surface area contributed by atoms with Gasteiger partial charge in [0, 0.05) is 50.0 Å². The van der Waals surface area contributed by atoms with E-state index in [0.717, 1.165) is 12.1 Å². The zero-order chi connectivity index (χ0) is 24.7. The van der Waals surface area contributed by atoms with Gasteiger partial charge in [-0.1, -0.05) is 11.6 Å². The largest absolute Gasteiger partial charge is 0.490 e. The molecule has 0 bridgehead atoms. The summed E-state index contributed by atoms with van der Waals surface area (Å²) in [6.07, 6.45) is 6.63. The first-order valence-corrected chi connectivity index (χ1v) is 12.4. The van der Waals surface area contributed by atoms with Gasteiger partial charge >= 0.3 is 0 Å². The SMILES string of the molecule is Cc1cc(OC[C@@]2(CC(=O)N3CCOCC3)CN(C(=O)CCCn3ccnc3)CCO2)ccc1Cl. The summed E-state index contributed by atoms with van der Waals surface area (Å²) in [4.78, 5) is 33.8. The molecule has 2 fully saturated rings. The summed E-state index contributed by atoms with van der Waals surface area (Å²) in [6, 6.07) is 5.45. The molecule has 2 aliphatic rings. The van der Waals surface area contributed by atoms with E-state index in [9.17, 15) is 9.59 Å². The highest BCUT2D eigenvalue weighted by molar-refractivity contribution is 6.31. The fraction of sp³-hybridized carbons (Fsp3) is 0.560. The van der Waals surface area contributed by atoms with Crippen molar-refractivity contribution in [2.45, 2.75) is 38.3 Å². The Kier molecular flexibility index (Phi) is 8.64. The van der Waals surface area contributed by atoms with E-state index in [2.05, 4.69) is 4.98 Å². The van der Waals surface area contributed by atoms with Crippen LogP contribution in [0, 0.1) is 6.92 Å². The van der Waals surface area contributed by atoms with Crippen LogP contribution in [0.5, 0.6) is 5.75 Å². The lowest BCUT2D eigenvalue weighted by Gasteiger charge is -2.43. The van der Waals surface area contributed by atoms with Gasteiger partial charge in [-0.25, -0.2) is 4.98 Å². The van der Waals surface area contributed by atoms with Crippen molar-refractivity contribution in [2.24, 2.45) is 0 Å². The summed E-state index contributed by atoms with van der Waals surface area (Å²) in [7, 11) is 0.